The van der Waals surface area contributed by atoms with Crippen molar-refractivity contribution in [2.75, 3.05) is 10.6 Å². The van der Waals surface area contributed by atoms with Gasteiger partial charge in [-0.1, -0.05) is 18.2 Å². The molecular formula is C14H13N3O2. The average molecular weight is 255 g/mol. The molecule has 0 saturated carbocycles. The van der Waals surface area contributed by atoms with Crippen LogP contribution in [-0.2, 0) is 4.79 Å². The van der Waals surface area contributed by atoms with Crippen molar-refractivity contribution < 1.29 is 9.59 Å². The van der Waals surface area contributed by atoms with Crippen molar-refractivity contribution in [1.29, 1.82) is 0 Å². The smallest absolute Gasteiger partial charge is 0.256 e. The maximum atomic E-state index is 12.0. The number of nitrogens with one attached hydrogen (secondary N) is 2. The SMILES string of the molecule is CC(=O)Nc1cccnc1NC(=O)c1ccccc1. The number of carbonyl (C=O) groups is 2. The Kier molecular flexibility index (Phi) is 3.87. The number of pyridine rings is 1. The normalized spacial score (nSPS) is 9.74. The zero-order valence-electron chi connectivity index (χ0n) is 10.4. The van der Waals surface area contributed by atoms with Gasteiger partial charge in [-0.3, -0.25) is 9.59 Å². The summed E-state index contributed by atoms with van der Waals surface area (Å²) in [6.07, 6.45) is 1.55. The van der Waals surface area contributed by atoms with E-state index in [1.165, 1.54) is 6.92 Å². The maximum Gasteiger partial charge on any atom is 0.256 e. The second-order valence-electron chi connectivity index (χ2n) is 3.90. The van der Waals surface area contributed by atoms with Gasteiger partial charge < -0.3 is 10.6 Å². The van der Waals surface area contributed by atoms with Crippen LogP contribution in [0.3, 0.4) is 0 Å². The van der Waals surface area contributed by atoms with Crippen molar-refractivity contribution in [3.63, 3.8) is 0 Å². The fourth-order valence-corrected chi connectivity index (χ4v) is 1.56. The molecule has 96 valence electrons. The van der Waals surface area contributed by atoms with Crippen LogP contribution in [-0.4, -0.2) is 16.8 Å². The molecular weight excluding hydrogens is 242 g/mol. The number of carbonyl (C=O) groups excluding carboxylic acids is 2. The van der Waals surface area contributed by atoms with E-state index in [9.17, 15) is 9.59 Å². The minimum atomic E-state index is -0.272. The number of rotatable bonds is 3. The number of anilines is 2. The van der Waals surface area contributed by atoms with Gasteiger partial charge in [0.2, 0.25) is 5.91 Å². The molecule has 1 aromatic heterocycles. The van der Waals surface area contributed by atoms with Crippen molar-refractivity contribution in [3.05, 3.63) is 54.2 Å². The fraction of sp³-hybridized carbons (Fsp3) is 0.0714. The summed E-state index contributed by atoms with van der Waals surface area (Å²) in [4.78, 5) is 27.1. The lowest BCUT2D eigenvalue weighted by Crippen LogP contribution is -2.16. The molecule has 1 aromatic carbocycles. The molecule has 5 heteroatoms. The van der Waals surface area contributed by atoms with Crippen molar-refractivity contribution in [1.82, 2.24) is 4.98 Å². The molecule has 0 radical (unpaired) electrons. The Hall–Kier alpha value is -2.69. The lowest BCUT2D eigenvalue weighted by atomic mass is 10.2. The van der Waals surface area contributed by atoms with Crippen molar-refractivity contribution in [2.45, 2.75) is 6.92 Å². The molecule has 0 fully saturated rings. The van der Waals surface area contributed by atoms with Gasteiger partial charge in [0.25, 0.3) is 5.91 Å². The number of hydrogen-bond acceptors (Lipinski definition) is 3. The topological polar surface area (TPSA) is 71.1 Å². The van der Waals surface area contributed by atoms with Crippen molar-refractivity contribution in [2.24, 2.45) is 0 Å². The van der Waals surface area contributed by atoms with E-state index < -0.39 is 0 Å². The molecule has 2 amide bonds. The Labute approximate surface area is 110 Å². The second kappa shape index (κ2) is 5.77. The van der Waals surface area contributed by atoms with Crippen molar-refractivity contribution >= 4 is 23.3 Å². The van der Waals surface area contributed by atoms with E-state index in [0.29, 0.717) is 17.1 Å². The molecule has 2 aromatic rings. The first-order valence-electron chi connectivity index (χ1n) is 5.76. The minimum Gasteiger partial charge on any atom is -0.323 e. The van der Waals surface area contributed by atoms with Gasteiger partial charge in [0, 0.05) is 18.7 Å². The molecule has 1 heterocycles. The molecule has 0 aliphatic carbocycles. The molecule has 0 bridgehead atoms. The van der Waals surface area contributed by atoms with Crippen LogP contribution < -0.4 is 10.6 Å². The Morgan fingerprint density at radius 2 is 1.74 bits per heavy atom. The van der Waals surface area contributed by atoms with Crippen LogP contribution in [0.15, 0.2) is 48.7 Å². The third-order valence-corrected chi connectivity index (χ3v) is 2.39. The van der Waals surface area contributed by atoms with Crippen LogP contribution in [0, 0.1) is 0 Å². The third-order valence-electron chi connectivity index (χ3n) is 2.39. The third kappa shape index (κ3) is 3.38. The Morgan fingerprint density at radius 3 is 2.42 bits per heavy atom. The van der Waals surface area contributed by atoms with E-state index in [0.717, 1.165) is 0 Å². The average Bonchev–Trinajstić information content (AvgIpc) is 2.41. The number of benzene rings is 1. The molecule has 0 spiro atoms. The summed E-state index contributed by atoms with van der Waals surface area (Å²) in [5.74, 6) is -0.166. The number of hydrogen-bond donors (Lipinski definition) is 2. The zero-order valence-corrected chi connectivity index (χ0v) is 10.4. The van der Waals surface area contributed by atoms with Gasteiger partial charge in [0.1, 0.15) is 0 Å². The highest BCUT2D eigenvalue weighted by Crippen LogP contribution is 2.18. The quantitative estimate of drug-likeness (QED) is 0.884. The molecule has 0 atom stereocenters. The van der Waals surface area contributed by atoms with Gasteiger partial charge in [-0.05, 0) is 24.3 Å². The molecule has 0 saturated heterocycles. The number of amides is 2. The van der Waals surface area contributed by atoms with Crippen LogP contribution in [0.4, 0.5) is 11.5 Å². The largest absolute Gasteiger partial charge is 0.323 e. The van der Waals surface area contributed by atoms with Gasteiger partial charge in [0.15, 0.2) is 5.82 Å². The standard InChI is InChI=1S/C14H13N3O2/c1-10(18)16-12-8-5-9-15-13(12)17-14(19)11-6-3-2-4-7-11/h2-9H,1H3,(H,16,18)(H,15,17,19). The first-order chi connectivity index (χ1) is 9.16. The number of nitrogens with zero attached hydrogens (tertiary/aromatic N) is 1. The summed E-state index contributed by atoms with van der Waals surface area (Å²) in [7, 11) is 0. The molecule has 0 aliphatic rings. The predicted octanol–water partition coefficient (Wildman–Crippen LogP) is 2.29. The lowest BCUT2D eigenvalue weighted by molar-refractivity contribution is -0.114. The predicted molar refractivity (Wildman–Crippen MR) is 72.9 cm³/mol. The molecule has 19 heavy (non-hydrogen) atoms. The van der Waals surface area contributed by atoms with Gasteiger partial charge in [-0.2, -0.15) is 0 Å². The van der Waals surface area contributed by atoms with Crippen molar-refractivity contribution in [3.8, 4) is 0 Å². The fourth-order valence-electron chi connectivity index (χ4n) is 1.56. The first-order valence-corrected chi connectivity index (χ1v) is 5.76. The molecule has 0 aliphatic heterocycles. The summed E-state index contributed by atoms with van der Waals surface area (Å²) in [5.41, 5.74) is 1.00. The van der Waals surface area contributed by atoms with E-state index in [4.69, 9.17) is 0 Å². The second-order valence-corrected chi connectivity index (χ2v) is 3.90. The highest BCUT2D eigenvalue weighted by Gasteiger charge is 2.10. The summed E-state index contributed by atoms with van der Waals surface area (Å²) < 4.78 is 0. The van der Waals surface area contributed by atoms with Crippen LogP contribution in [0.25, 0.3) is 0 Å². The molecule has 0 unspecified atom stereocenters. The maximum absolute atomic E-state index is 12.0. The van der Waals surface area contributed by atoms with Crippen LogP contribution in [0.5, 0.6) is 0 Å². The van der Waals surface area contributed by atoms with E-state index in [1.807, 2.05) is 6.07 Å². The van der Waals surface area contributed by atoms with Crippen LogP contribution in [0.1, 0.15) is 17.3 Å². The van der Waals surface area contributed by atoms with Gasteiger partial charge in [-0.25, -0.2) is 4.98 Å². The summed E-state index contributed by atoms with van der Waals surface area (Å²) in [6.45, 7) is 1.40. The van der Waals surface area contributed by atoms with Gasteiger partial charge in [0.05, 0.1) is 5.69 Å². The Bertz CT molecular complexity index is 597. The lowest BCUT2D eigenvalue weighted by Gasteiger charge is -2.09. The van der Waals surface area contributed by atoms with Crippen LogP contribution >= 0.6 is 0 Å². The van der Waals surface area contributed by atoms with Gasteiger partial charge in [-0.15, -0.1) is 0 Å². The zero-order chi connectivity index (χ0) is 13.7. The molecule has 2 rings (SSSR count). The Balaban J connectivity index is 2.19. The number of aromatic nitrogens is 1. The minimum absolute atomic E-state index is 0.219. The monoisotopic (exact) mass is 255 g/mol. The van der Waals surface area contributed by atoms with E-state index in [-0.39, 0.29) is 11.8 Å². The first kappa shape index (κ1) is 12.8. The Morgan fingerprint density at radius 1 is 1.00 bits per heavy atom. The van der Waals surface area contributed by atoms with E-state index >= 15 is 0 Å². The highest BCUT2D eigenvalue weighted by molar-refractivity contribution is 6.06. The summed E-state index contributed by atoms with van der Waals surface area (Å²) >= 11 is 0. The molecule has 2 N–H and O–H groups in total. The van der Waals surface area contributed by atoms with Crippen LogP contribution in [0.2, 0.25) is 0 Å². The van der Waals surface area contributed by atoms with Gasteiger partial charge >= 0.3 is 0 Å². The van der Waals surface area contributed by atoms with E-state index in [1.54, 1.807) is 42.6 Å². The highest BCUT2D eigenvalue weighted by atomic mass is 16.2. The van der Waals surface area contributed by atoms with E-state index in [2.05, 4.69) is 15.6 Å². The summed E-state index contributed by atoms with van der Waals surface area (Å²) in [6, 6.07) is 12.2. The molecule has 5 nitrogen and oxygen atoms in total. The summed E-state index contributed by atoms with van der Waals surface area (Å²) in [5, 5.41) is 5.28.